The van der Waals surface area contributed by atoms with Gasteiger partial charge in [0.25, 0.3) is 15.9 Å². The summed E-state index contributed by atoms with van der Waals surface area (Å²) in [6.45, 7) is 1.91. The minimum atomic E-state index is -3.66. The molecular weight excluding hydrogens is 398 g/mol. The first-order chi connectivity index (χ1) is 14.4. The lowest BCUT2D eigenvalue weighted by atomic mass is 10.1. The summed E-state index contributed by atoms with van der Waals surface area (Å²) in [7, 11) is -1.63. The molecule has 0 aromatic heterocycles. The average molecular weight is 422 g/mol. The molecule has 154 valence electrons. The van der Waals surface area contributed by atoms with E-state index in [1.807, 2.05) is 30.1 Å². The number of likely N-dealkylation sites (N-methyl/N-ethyl adjacent to an activating group) is 1. The molecule has 30 heavy (non-hydrogen) atoms. The van der Waals surface area contributed by atoms with E-state index in [9.17, 15) is 13.2 Å². The largest absolute Gasteiger partial charge is 0.373 e. The molecule has 1 aliphatic heterocycles. The van der Waals surface area contributed by atoms with Crippen LogP contribution in [0.5, 0.6) is 0 Å². The van der Waals surface area contributed by atoms with E-state index in [0.717, 1.165) is 17.8 Å². The maximum atomic E-state index is 13.1. The van der Waals surface area contributed by atoms with Crippen molar-refractivity contribution in [3.8, 4) is 0 Å². The summed E-state index contributed by atoms with van der Waals surface area (Å²) in [6, 6.07) is 22.8. The number of rotatable bonds is 4. The van der Waals surface area contributed by atoms with Crippen molar-refractivity contribution in [3.63, 3.8) is 0 Å². The number of anilines is 2. The Kier molecular flexibility index (Phi) is 5.46. The molecular formula is C23H23N3O3S. The van der Waals surface area contributed by atoms with Gasteiger partial charge in [0.15, 0.2) is 0 Å². The topological polar surface area (TPSA) is 69.7 Å². The van der Waals surface area contributed by atoms with Gasteiger partial charge in [0.05, 0.1) is 4.90 Å². The number of hydrogen-bond acceptors (Lipinski definition) is 4. The number of carbonyl (C=O) groups is 1. The van der Waals surface area contributed by atoms with E-state index in [1.54, 1.807) is 42.5 Å². The highest BCUT2D eigenvalue weighted by Gasteiger charge is 2.22. The van der Waals surface area contributed by atoms with Crippen molar-refractivity contribution in [1.82, 2.24) is 4.90 Å². The summed E-state index contributed by atoms with van der Waals surface area (Å²) < 4.78 is 27.5. The molecule has 0 aliphatic carbocycles. The Morgan fingerprint density at radius 2 is 1.53 bits per heavy atom. The van der Waals surface area contributed by atoms with Crippen LogP contribution in [0.2, 0.25) is 0 Å². The number of hydrogen-bond donors (Lipinski definition) is 1. The molecule has 0 spiro atoms. The highest BCUT2D eigenvalue weighted by molar-refractivity contribution is 7.92. The summed E-state index contributed by atoms with van der Waals surface area (Å²) in [5, 5.41) is 0. The van der Waals surface area contributed by atoms with Gasteiger partial charge in [-0.2, -0.15) is 0 Å². The Balaban J connectivity index is 1.50. The Labute approximate surface area is 176 Å². The van der Waals surface area contributed by atoms with E-state index in [4.69, 9.17) is 0 Å². The van der Waals surface area contributed by atoms with Crippen molar-refractivity contribution in [2.24, 2.45) is 0 Å². The van der Waals surface area contributed by atoms with E-state index in [1.165, 1.54) is 12.1 Å². The van der Waals surface area contributed by atoms with Crippen LogP contribution in [0.25, 0.3) is 0 Å². The molecule has 0 saturated heterocycles. The zero-order valence-electron chi connectivity index (χ0n) is 16.7. The molecule has 1 N–H and O–H groups in total. The van der Waals surface area contributed by atoms with Gasteiger partial charge in [-0.15, -0.1) is 0 Å². The van der Waals surface area contributed by atoms with E-state index >= 15 is 0 Å². The van der Waals surface area contributed by atoms with Crippen LogP contribution in [0.3, 0.4) is 0 Å². The molecule has 0 atom stereocenters. The van der Waals surface area contributed by atoms with Crippen LogP contribution in [0.1, 0.15) is 15.9 Å². The fraction of sp³-hybridized carbons (Fsp3) is 0.174. The van der Waals surface area contributed by atoms with Crippen LogP contribution in [0.4, 0.5) is 11.4 Å². The predicted molar refractivity (Wildman–Crippen MR) is 118 cm³/mol. The maximum Gasteiger partial charge on any atom is 0.261 e. The van der Waals surface area contributed by atoms with Gasteiger partial charge in [0.1, 0.15) is 0 Å². The van der Waals surface area contributed by atoms with Crippen LogP contribution in [0.15, 0.2) is 83.8 Å². The van der Waals surface area contributed by atoms with Gasteiger partial charge >= 0.3 is 0 Å². The van der Waals surface area contributed by atoms with Crippen LogP contribution in [0, 0.1) is 0 Å². The molecule has 4 rings (SSSR count). The molecule has 1 heterocycles. The monoisotopic (exact) mass is 421 g/mol. The lowest BCUT2D eigenvalue weighted by Crippen LogP contribution is -2.34. The molecule has 0 unspecified atom stereocenters. The van der Waals surface area contributed by atoms with Gasteiger partial charge < -0.3 is 9.80 Å². The van der Waals surface area contributed by atoms with Gasteiger partial charge in [-0.1, -0.05) is 36.4 Å². The molecule has 1 amide bonds. The first-order valence-corrected chi connectivity index (χ1v) is 11.2. The molecule has 0 bridgehead atoms. The molecule has 0 saturated carbocycles. The highest BCUT2D eigenvalue weighted by atomic mass is 32.2. The van der Waals surface area contributed by atoms with Gasteiger partial charge in [0, 0.05) is 43.6 Å². The third kappa shape index (κ3) is 4.16. The third-order valence-corrected chi connectivity index (χ3v) is 6.59. The predicted octanol–water partition coefficient (Wildman–Crippen LogP) is 3.58. The minimum Gasteiger partial charge on any atom is -0.373 e. The second kappa shape index (κ2) is 8.20. The van der Waals surface area contributed by atoms with Crippen molar-refractivity contribution >= 4 is 27.3 Å². The standard InChI is InChI=1S/C23H23N3O3S/c1-25-15-16-26(17-19-7-5-6-10-22(19)25)23(27)18-11-13-20(14-12-18)24-30(28,29)21-8-3-2-4-9-21/h2-14,24H,15-17H2,1H3. The van der Waals surface area contributed by atoms with Gasteiger partial charge in [0.2, 0.25) is 0 Å². The van der Waals surface area contributed by atoms with Crippen molar-refractivity contribution in [3.05, 3.63) is 90.0 Å². The van der Waals surface area contributed by atoms with Crippen molar-refractivity contribution in [2.45, 2.75) is 11.4 Å². The molecule has 1 aliphatic rings. The van der Waals surface area contributed by atoms with Crippen molar-refractivity contribution in [1.29, 1.82) is 0 Å². The molecule has 7 heteroatoms. The van der Waals surface area contributed by atoms with Gasteiger partial charge in [-0.25, -0.2) is 8.42 Å². The minimum absolute atomic E-state index is 0.0717. The number of benzene rings is 3. The average Bonchev–Trinajstić information content (AvgIpc) is 2.93. The molecule has 0 fully saturated rings. The zero-order chi connectivity index (χ0) is 21.1. The second-order valence-electron chi connectivity index (χ2n) is 7.27. The number of para-hydroxylation sites is 1. The Hall–Kier alpha value is -3.32. The lowest BCUT2D eigenvalue weighted by molar-refractivity contribution is 0.0752. The van der Waals surface area contributed by atoms with Gasteiger partial charge in [-0.3, -0.25) is 9.52 Å². The Morgan fingerprint density at radius 1 is 0.867 bits per heavy atom. The van der Waals surface area contributed by atoms with Gasteiger partial charge in [-0.05, 0) is 48.0 Å². The maximum absolute atomic E-state index is 13.1. The second-order valence-corrected chi connectivity index (χ2v) is 8.96. The third-order valence-electron chi connectivity index (χ3n) is 5.19. The van der Waals surface area contributed by atoms with Crippen LogP contribution in [-0.2, 0) is 16.6 Å². The quantitative estimate of drug-likeness (QED) is 0.699. The number of amides is 1. The van der Waals surface area contributed by atoms with Crippen molar-refractivity contribution in [2.75, 3.05) is 29.8 Å². The van der Waals surface area contributed by atoms with E-state index < -0.39 is 10.0 Å². The molecule has 3 aromatic carbocycles. The van der Waals surface area contributed by atoms with E-state index in [2.05, 4.69) is 15.7 Å². The van der Waals surface area contributed by atoms with E-state index in [-0.39, 0.29) is 10.8 Å². The fourth-order valence-electron chi connectivity index (χ4n) is 3.54. The number of nitrogens with zero attached hydrogens (tertiary/aromatic N) is 2. The lowest BCUT2D eigenvalue weighted by Gasteiger charge is -2.21. The van der Waals surface area contributed by atoms with Crippen LogP contribution >= 0.6 is 0 Å². The molecule has 3 aromatic rings. The number of sulfonamides is 1. The summed E-state index contributed by atoms with van der Waals surface area (Å²) in [6.07, 6.45) is 0. The Morgan fingerprint density at radius 3 is 2.27 bits per heavy atom. The van der Waals surface area contributed by atoms with E-state index in [0.29, 0.717) is 24.3 Å². The summed E-state index contributed by atoms with van der Waals surface area (Å²) in [5.41, 5.74) is 3.19. The summed E-state index contributed by atoms with van der Waals surface area (Å²) in [4.78, 5) is 17.2. The van der Waals surface area contributed by atoms with Crippen LogP contribution < -0.4 is 9.62 Å². The number of fused-ring (bicyclic) bond motifs is 1. The van der Waals surface area contributed by atoms with Crippen molar-refractivity contribution < 1.29 is 13.2 Å². The first kappa shape index (κ1) is 20.0. The van der Waals surface area contributed by atoms with Crippen LogP contribution in [-0.4, -0.2) is 39.4 Å². The number of nitrogens with one attached hydrogen (secondary N) is 1. The zero-order valence-corrected chi connectivity index (χ0v) is 17.5. The Bertz CT molecular complexity index is 1150. The first-order valence-electron chi connectivity index (χ1n) is 9.70. The highest BCUT2D eigenvalue weighted by Crippen LogP contribution is 2.25. The summed E-state index contributed by atoms with van der Waals surface area (Å²) in [5.74, 6) is -0.0717. The normalized spacial score (nSPS) is 14.0. The fourth-order valence-corrected chi connectivity index (χ4v) is 4.62. The smallest absolute Gasteiger partial charge is 0.261 e. The summed E-state index contributed by atoms with van der Waals surface area (Å²) >= 11 is 0. The number of carbonyl (C=O) groups excluding carboxylic acids is 1. The molecule has 0 radical (unpaired) electrons. The molecule has 6 nitrogen and oxygen atoms in total. The SMILES string of the molecule is CN1CCN(C(=O)c2ccc(NS(=O)(=O)c3ccccc3)cc2)Cc2ccccc21.